The van der Waals surface area contributed by atoms with Crippen LogP contribution in [0.4, 0.5) is 0 Å². The predicted molar refractivity (Wildman–Crippen MR) is 58.9 cm³/mol. The highest BCUT2D eigenvalue weighted by molar-refractivity contribution is 9.11. The summed E-state index contributed by atoms with van der Waals surface area (Å²) in [6.45, 7) is 0. The van der Waals surface area contributed by atoms with Gasteiger partial charge in [-0.3, -0.25) is 0 Å². The van der Waals surface area contributed by atoms with Gasteiger partial charge in [0.25, 0.3) is 0 Å². The number of hydrogen-bond donors (Lipinski definition) is 0. The van der Waals surface area contributed by atoms with Crippen LogP contribution in [-0.4, -0.2) is 46.1 Å². The second-order valence-electron chi connectivity index (χ2n) is 1.44. The summed E-state index contributed by atoms with van der Waals surface area (Å²) in [4.78, 5) is 0. The van der Waals surface area contributed by atoms with E-state index in [0.29, 0.717) is 0 Å². The SMILES string of the molecule is Brc1ccc(Br)cc1.[MgH2].[MgH2]. The molecule has 0 fully saturated rings. The van der Waals surface area contributed by atoms with E-state index in [1.807, 2.05) is 24.3 Å². The quantitative estimate of drug-likeness (QED) is 0.633. The molecule has 0 saturated heterocycles. The first-order valence-corrected chi connectivity index (χ1v) is 3.79. The van der Waals surface area contributed by atoms with E-state index >= 15 is 0 Å². The predicted octanol–water partition coefficient (Wildman–Crippen LogP) is 1.38. The van der Waals surface area contributed by atoms with Gasteiger partial charge in [0.15, 0.2) is 0 Å². The van der Waals surface area contributed by atoms with E-state index in [9.17, 15) is 0 Å². The van der Waals surface area contributed by atoms with E-state index in [0.717, 1.165) is 8.95 Å². The van der Waals surface area contributed by atoms with Gasteiger partial charge in [-0.1, -0.05) is 31.9 Å². The standard InChI is InChI=1S/C6H4Br2.2Mg.4H/c7-5-1-2-6(8)4-3-5;;;;;;/h1-4H;;;;;;. The third-order valence-corrected chi connectivity index (χ3v) is 1.86. The van der Waals surface area contributed by atoms with Crippen molar-refractivity contribution < 1.29 is 0 Å². The van der Waals surface area contributed by atoms with Crippen LogP contribution in [0.2, 0.25) is 0 Å². The molecule has 0 atom stereocenters. The molecule has 10 heavy (non-hydrogen) atoms. The lowest BCUT2D eigenvalue weighted by Crippen LogP contribution is -1.61. The topological polar surface area (TPSA) is 0 Å². The molecule has 0 heterocycles. The first kappa shape index (κ1) is 14.2. The van der Waals surface area contributed by atoms with Crippen LogP contribution < -0.4 is 0 Å². The zero-order chi connectivity index (χ0) is 5.98. The van der Waals surface area contributed by atoms with Gasteiger partial charge in [-0.25, -0.2) is 0 Å². The Labute approximate surface area is 110 Å². The molecule has 0 saturated carbocycles. The van der Waals surface area contributed by atoms with Crippen molar-refractivity contribution in [1.29, 1.82) is 0 Å². The number of halogens is 2. The maximum absolute atomic E-state index is 3.32. The van der Waals surface area contributed by atoms with Gasteiger partial charge in [-0.05, 0) is 24.3 Å². The normalized spacial score (nSPS) is 7.40. The third kappa shape index (κ3) is 5.37. The maximum atomic E-state index is 3.32. The van der Waals surface area contributed by atoms with E-state index in [4.69, 9.17) is 0 Å². The van der Waals surface area contributed by atoms with Crippen LogP contribution in [0.5, 0.6) is 0 Å². The molecule has 0 aliphatic rings. The van der Waals surface area contributed by atoms with Crippen molar-refractivity contribution in [3.05, 3.63) is 33.2 Å². The fourth-order valence-corrected chi connectivity index (χ4v) is 0.958. The number of benzene rings is 1. The molecule has 0 aliphatic heterocycles. The maximum Gasteiger partial charge on any atom is 0.316 e. The third-order valence-electron chi connectivity index (χ3n) is 0.804. The number of hydrogen-bond acceptors (Lipinski definition) is 0. The largest absolute Gasteiger partial charge is 0.316 e. The van der Waals surface area contributed by atoms with Crippen LogP contribution in [0.1, 0.15) is 0 Å². The molecule has 1 rings (SSSR count). The summed E-state index contributed by atoms with van der Waals surface area (Å²) >= 11 is 6.65. The van der Waals surface area contributed by atoms with E-state index in [-0.39, 0.29) is 46.1 Å². The van der Waals surface area contributed by atoms with Gasteiger partial charge in [0.2, 0.25) is 0 Å². The Morgan fingerprint density at radius 1 is 0.700 bits per heavy atom. The molecule has 0 amide bonds. The molecule has 0 aliphatic carbocycles. The van der Waals surface area contributed by atoms with Crippen LogP contribution in [0, 0.1) is 0 Å². The summed E-state index contributed by atoms with van der Waals surface area (Å²) in [6.07, 6.45) is 0. The van der Waals surface area contributed by atoms with E-state index in [2.05, 4.69) is 31.9 Å². The van der Waals surface area contributed by atoms with Crippen molar-refractivity contribution in [3.63, 3.8) is 0 Å². The summed E-state index contributed by atoms with van der Waals surface area (Å²) in [7, 11) is 0. The van der Waals surface area contributed by atoms with Crippen LogP contribution >= 0.6 is 31.9 Å². The van der Waals surface area contributed by atoms with Gasteiger partial charge >= 0.3 is 46.1 Å². The van der Waals surface area contributed by atoms with Crippen molar-refractivity contribution in [2.75, 3.05) is 0 Å². The van der Waals surface area contributed by atoms with Gasteiger partial charge in [0, 0.05) is 8.95 Å². The first-order valence-electron chi connectivity index (χ1n) is 2.20. The summed E-state index contributed by atoms with van der Waals surface area (Å²) in [5.41, 5.74) is 0. The Morgan fingerprint density at radius 3 is 1.10 bits per heavy atom. The Balaban J connectivity index is 0. The monoisotopic (exact) mass is 286 g/mol. The fraction of sp³-hybridized carbons (Fsp3) is 0. The number of rotatable bonds is 0. The lowest BCUT2D eigenvalue weighted by atomic mass is 10.4. The minimum atomic E-state index is 0. The average Bonchev–Trinajstić information content (AvgIpc) is 1.77. The van der Waals surface area contributed by atoms with Crippen LogP contribution in [-0.2, 0) is 0 Å². The zero-order valence-corrected chi connectivity index (χ0v) is 7.24. The smallest absolute Gasteiger partial charge is 0.0508 e. The van der Waals surface area contributed by atoms with Crippen molar-refractivity contribution in [2.45, 2.75) is 0 Å². The van der Waals surface area contributed by atoms with Crippen molar-refractivity contribution in [3.8, 4) is 0 Å². The first-order chi connectivity index (χ1) is 3.79. The van der Waals surface area contributed by atoms with Crippen LogP contribution in [0.25, 0.3) is 0 Å². The van der Waals surface area contributed by atoms with Gasteiger partial charge in [0.05, 0.1) is 0 Å². The summed E-state index contributed by atoms with van der Waals surface area (Å²) in [5.74, 6) is 0. The van der Waals surface area contributed by atoms with E-state index in [1.54, 1.807) is 0 Å². The molecular formula is C6H8Br2Mg2. The van der Waals surface area contributed by atoms with Crippen LogP contribution in [0.3, 0.4) is 0 Å². The summed E-state index contributed by atoms with van der Waals surface area (Å²) in [5, 5.41) is 0. The molecule has 1 aromatic rings. The lowest BCUT2D eigenvalue weighted by Gasteiger charge is -1.86. The van der Waals surface area contributed by atoms with E-state index < -0.39 is 0 Å². The highest BCUT2D eigenvalue weighted by Gasteiger charge is 1.83. The second-order valence-corrected chi connectivity index (χ2v) is 3.27. The Morgan fingerprint density at radius 2 is 0.900 bits per heavy atom. The lowest BCUT2D eigenvalue weighted by molar-refractivity contribution is 1.61. The molecular weight excluding hydrogens is 280 g/mol. The molecule has 0 aromatic heterocycles. The average molecular weight is 289 g/mol. The van der Waals surface area contributed by atoms with Gasteiger partial charge in [0.1, 0.15) is 0 Å². The summed E-state index contributed by atoms with van der Waals surface area (Å²) in [6, 6.07) is 7.96. The minimum absolute atomic E-state index is 0. The molecule has 0 unspecified atom stereocenters. The van der Waals surface area contributed by atoms with Gasteiger partial charge < -0.3 is 0 Å². The molecule has 4 heteroatoms. The van der Waals surface area contributed by atoms with Crippen molar-refractivity contribution in [1.82, 2.24) is 0 Å². The molecule has 0 nitrogen and oxygen atoms in total. The highest BCUT2D eigenvalue weighted by Crippen LogP contribution is 2.13. The highest BCUT2D eigenvalue weighted by atomic mass is 79.9. The molecule has 0 radical (unpaired) electrons. The van der Waals surface area contributed by atoms with Gasteiger partial charge in [-0.2, -0.15) is 0 Å². The fourth-order valence-electron chi connectivity index (χ4n) is 0.430. The van der Waals surface area contributed by atoms with Crippen molar-refractivity contribution >= 4 is 78.0 Å². The summed E-state index contributed by atoms with van der Waals surface area (Å²) < 4.78 is 2.22. The molecule has 50 valence electrons. The molecule has 0 bridgehead atoms. The second kappa shape index (κ2) is 7.37. The Kier molecular flexibility index (Phi) is 10.5. The van der Waals surface area contributed by atoms with Gasteiger partial charge in [-0.15, -0.1) is 0 Å². The van der Waals surface area contributed by atoms with Crippen LogP contribution in [0.15, 0.2) is 33.2 Å². The molecule has 0 N–H and O–H groups in total. The van der Waals surface area contributed by atoms with Crippen molar-refractivity contribution in [2.24, 2.45) is 0 Å². The minimum Gasteiger partial charge on any atom is -0.0508 e. The Hall–Kier alpha value is 1.71. The Bertz CT molecular complexity index is 153. The molecule has 0 spiro atoms. The van der Waals surface area contributed by atoms with E-state index in [1.165, 1.54) is 0 Å². The molecule has 1 aromatic carbocycles. The zero-order valence-electron chi connectivity index (χ0n) is 4.07.